The van der Waals surface area contributed by atoms with E-state index in [1.54, 1.807) is 43.5 Å². The fraction of sp³-hybridized carbons (Fsp3) is 0.259. The van der Waals surface area contributed by atoms with Crippen LogP contribution < -0.4 is 19.7 Å². The summed E-state index contributed by atoms with van der Waals surface area (Å²) in [4.78, 5) is 17.5. The van der Waals surface area contributed by atoms with Crippen LogP contribution in [0.1, 0.15) is 11.1 Å². The lowest BCUT2D eigenvalue weighted by Crippen LogP contribution is -2.48. The second-order valence-electron chi connectivity index (χ2n) is 8.37. The predicted octanol–water partition coefficient (Wildman–Crippen LogP) is 5.31. The van der Waals surface area contributed by atoms with E-state index in [2.05, 4.69) is 15.1 Å². The average Bonchev–Trinajstić information content (AvgIpc) is 2.90. The van der Waals surface area contributed by atoms with Crippen LogP contribution in [0.2, 0.25) is 5.02 Å². The number of methoxy groups -OCH3 is 1. The van der Waals surface area contributed by atoms with Gasteiger partial charge in [-0.3, -0.25) is 4.79 Å². The Kier molecular flexibility index (Phi) is 8.28. The van der Waals surface area contributed by atoms with Gasteiger partial charge in [0.15, 0.2) is 18.1 Å². The monoisotopic (exact) mass is 527 g/mol. The fourth-order valence-corrected chi connectivity index (χ4v) is 4.48. The van der Waals surface area contributed by atoms with Gasteiger partial charge in [0.1, 0.15) is 10.8 Å². The zero-order chi connectivity index (χ0) is 25.7. The predicted molar refractivity (Wildman–Crippen MR) is 145 cm³/mol. The van der Waals surface area contributed by atoms with Gasteiger partial charge < -0.3 is 24.6 Å². The Hall–Kier alpha value is -3.36. The minimum absolute atomic E-state index is 0.183. The van der Waals surface area contributed by atoms with Crippen molar-refractivity contribution < 1.29 is 18.7 Å². The molecule has 36 heavy (non-hydrogen) atoms. The molecule has 1 aliphatic heterocycles. The van der Waals surface area contributed by atoms with Gasteiger partial charge in [-0.1, -0.05) is 29.9 Å². The molecule has 0 aliphatic carbocycles. The van der Waals surface area contributed by atoms with Gasteiger partial charge in [0.2, 0.25) is 0 Å². The summed E-state index contributed by atoms with van der Waals surface area (Å²) in [7, 11) is 1.55. The quantitative estimate of drug-likeness (QED) is 0.420. The lowest BCUT2D eigenvalue weighted by molar-refractivity contribution is -0.118. The van der Waals surface area contributed by atoms with Crippen molar-refractivity contribution in [1.82, 2.24) is 4.90 Å². The Morgan fingerprint density at radius 1 is 1.06 bits per heavy atom. The Morgan fingerprint density at radius 2 is 1.78 bits per heavy atom. The number of benzene rings is 3. The van der Waals surface area contributed by atoms with Crippen molar-refractivity contribution in [3.05, 3.63) is 82.6 Å². The first-order valence-electron chi connectivity index (χ1n) is 11.5. The number of ether oxygens (including phenoxy) is 2. The lowest BCUT2D eigenvalue weighted by Gasteiger charge is -2.37. The molecule has 0 aromatic heterocycles. The maximum absolute atomic E-state index is 13.2. The number of carbonyl (C=O) groups excluding carboxylic acids is 1. The normalized spacial score (nSPS) is 13.3. The van der Waals surface area contributed by atoms with Gasteiger partial charge in [-0.2, -0.15) is 0 Å². The molecule has 0 unspecified atom stereocenters. The molecule has 1 saturated heterocycles. The van der Waals surface area contributed by atoms with Crippen LogP contribution in [0.15, 0.2) is 60.7 Å². The molecule has 1 fully saturated rings. The van der Waals surface area contributed by atoms with E-state index >= 15 is 0 Å². The fourth-order valence-electron chi connectivity index (χ4n) is 3.99. The van der Waals surface area contributed by atoms with E-state index < -0.39 is 0 Å². The molecule has 188 valence electrons. The molecule has 0 atom stereocenters. The minimum atomic E-state index is -0.305. The van der Waals surface area contributed by atoms with Gasteiger partial charge in [-0.25, -0.2) is 4.39 Å². The Labute approximate surface area is 220 Å². The SMILES string of the molecule is COc1cc(C(=S)N2CCN(c3ccc(F)cc3)CC2)ccc1OCC(=O)Nc1cccc(Cl)c1C. The molecule has 0 saturated carbocycles. The van der Waals surface area contributed by atoms with Gasteiger partial charge >= 0.3 is 0 Å². The highest BCUT2D eigenvalue weighted by atomic mass is 35.5. The molecule has 0 spiro atoms. The van der Waals surface area contributed by atoms with Crippen LogP contribution in [0.5, 0.6) is 11.5 Å². The van der Waals surface area contributed by atoms with E-state index in [4.69, 9.17) is 33.3 Å². The second-order valence-corrected chi connectivity index (χ2v) is 9.16. The highest BCUT2D eigenvalue weighted by Gasteiger charge is 2.21. The summed E-state index contributed by atoms with van der Waals surface area (Å²) in [5.41, 5.74) is 3.27. The van der Waals surface area contributed by atoms with Crippen molar-refractivity contribution >= 4 is 46.1 Å². The average molecular weight is 528 g/mol. The number of nitrogens with zero attached hydrogens (tertiary/aromatic N) is 2. The van der Waals surface area contributed by atoms with Crippen LogP contribution in [-0.4, -0.2) is 55.7 Å². The third-order valence-electron chi connectivity index (χ3n) is 6.07. The van der Waals surface area contributed by atoms with Crippen molar-refractivity contribution in [3.63, 3.8) is 0 Å². The molecule has 3 aromatic rings. The number of piperazine rings is 1. The molecule has 1 heterocycles. The largest absolute Gasteiger partial charge is 0.493 e. The van der Waals surface area contributed by atoms with Crippen molar-refractivity contribution in [1.29, 1.82) is 0 Å². The molecule has 4 rings (SSSR count). The molecular weight excluding hydrogens is 501 g/mol. The number of hydrogen-bond donors (Lipinski definition) is 1. The second kappa shape index (κ2) is 11.6. The molecule has 1 amide bonds. The minimum Gasteiger partial charge on any atom is -0.493 e. The topological polar surface area (TPSA) is 54.0 Å². The number of rotatable bonds is 7. The summed E-state index contributed by atoms with van der Waals surface area (Å²) >= 11 is 11.9. The molecule has 1 aliphatic rings. The summed E-state index contributed by atoms with van der Waals surface area (Å²) in [5.74, 6) is 0.396. The van der Waals surface area contributed by atoms with E-state index in [0.717, 1.165) is 43.0 Å². The summed E-state index contributed by atoms with van der Waals surface area (Å²) in [5, 5.41) is 3.39. The standard InChI is InChI=1S/C27H27ClFN3O3S/c1-18-22(28)4-3-5-23(18)30-26(33)17-35-24-11-6-19(16-25(24)34-2)27(36)32-14-12-31(13-15-32)21-9-7-20(29)8-10-21/h3-11,16H,12-15,17H2,1-2H3,(H,30,33). The van der Waals surface area contributed by atoms with Crippen molar-refractivity contribution in [2.75, 3.05) is 50.1 Å². The number of amides is 1. The number of carbonyl (C=O) groups is 1. The van der Waals surface area contributed by atoms with Gasteiger partial charge in [0, 0.05) is 48.1 Å². The summed E-state index contributed by atoms with van der Waals surface area (Å²) < 4.78 is 24.4. The summed E-state index contributed by atoms with van der Waals surface area (Å²) in [6.07, 6.45) is 0. The molecule has 6 nitrogen and oxygen atoms in total. The third kappa shape index (κ3) is 6.06. The smallest absolute Gasteiger partial charge is 0.262 e. The number of thiocarbonyl (C=S) groups is 1. The van der Waals surface area contributed by atoms with E-state index in [1.165, 1.54) is 12.1 Å². The van der Waals surface area contributed by atoms with Crippen LogP contribution in [-0.2, 0) is 4.79 Å². The zero-order valence-corrected chi connectivity index (χ0v) is 21.7. The maximum atomic E-state index is 13.2. The van der Waals surface area contributed by atoms with E-state index in [9.17, 15) is 9.18 Å². The number of nitrogens with one attached hydrogen (secondary N) is 1. The Bertz CT molecular complexity index is 1250. The number of hydrogen-bond acceptors (Lipinski definition) is 5. The molecular formula is C27H27ClFN3O3S. The number of halogens is 2. The summed E-state index contributed by atoms with van der Waals surface area (Å²) in [6.45, 7) is 4.72. The highest BCUT2D eigenvalue weighted by molar-refractivity contribution is 7.80. The van der Waals surface area contributed by atoms with Crippen LogP contribution in [0.25, 0.3) is 0 Å². The summed E-state index contributed by atoms with van der Waals surface area (Å²) in [6, 6.07) is 17.3. The van der Waals surface area contributed by atoms with Crippen LogP contribution in [0, 0.1) is 12.7 Å². The molecule has 0 radical (unpaired) electrons. The molecule has 9 heteroatoms. The van der Waals surface area contributed by atoms with Crippen molar-refractivity contribution in [2.24, 2.45) is 0 Å². The first-order valence-corrected chi connectivity index (χ1v) is 12.3. The van der Waals surface area contributed by atoms with Gasteiger partial charge in [-0.05, 0) is 67.1 Å². The van der Waals surface area contributed by atoms with Crippen molar-refractivity contribution in [3.8, 4) is 11.5 Å². The molecule has 3 aromatic carbocycles. The van der Waals surface area contributed by atoms with Gasteiger partial charge in [-0.15, -0.1) is 0 Å². The molecule has 1 N–H and O–H groups in total. The first-order chi connectivity index (χ1) is 17.4. The Morgan fingerprint density at radius 3 is 2.47 bits per heavy atom. The van der Waals surface area contributed by atoms with E-state index in [1.807, 2.05) is 19.1 Å². The van der Waals surface area contributed by atoms with Gasteiger partial charge in [0.05, 0.1) is 7.11 Å². The maximum Gasteiger partial charge on any atom is 0.262 e. The van der Waals surface area contributed by atoms with Crippen LogP contribution in [0.4, 0.5) is 15.8 Å². The van der Waals surface area contributed by atoms with Gasteiger partial charge in [0.25, 0.3) is 5.91 Å². The van der Waals surface area contributed by atoms with E-state index in [-0.39, 0.29) is 18.3 Å². The Balaban J connectivity index is 1.34. The van der Waals surface area contributed by atoms with Crippen molar-refractivity contribution in [2.45, 2.75) is 6.92 Å². The lowest BCUT2D eigenvalue weighted by atomic mass is 10.1. The highest BCUT2D eigenvalue weighted by Crippen LogP contribution is 2.29. The first kappa shape index (κ1) is 25.7. The number of anilines is 2. The van der Waals surface area contributed by atoms with Crippen LogP contribution in [0.3, 0.4) is 0 Å². The third-order valence-corrected chi connectivity index (χ3v) is 6.97. The van der Waals surface area contributed by atoms with Crippen LogP contribution >= 0.6 is 23.8 Å². The molecule has 0 bridgehead atoms. The zero-order valence-electron chi connectivity index (χ0n) is 20.1. The van der Waals surface area contributed by atoms with E-state index in [0.29, 0.717) is 27.2 Å².